The van der Waals surface area contributed by atoms with Crippen LogP contribution in [0.15, 0.2) is 48.5 Å². The fourth-order valence-electron chi connectivity index (χ4n) is 2.84. The molecular weight excluding hydrogens is 260 g/mol. The normalized spacial score (nSPS) is 20.0. The molecule has 0 spiro atoms. The van der Waals surface area contributed by atoms with Crippen LogP contribution in [0.2, 0.25) is 0 Å². The van der Waals surface area contributed by atoms with Gasteiger partial charge in [-0.3, -0.25) is 4.79 Å². The molecule has 0 saturated heterocycles. The Balaban J connectivity index is 2.18. The summed E-state index contributed by atoms with van der Waals surface area (Å²) in [6.45, 7) is 4.24. The second kappa shape index (κ2) is 4.75. The average molecular weight is 276 g/mol. The van der Waals surface area contributed by atoms with Crippen LogP contribution >= 0.6 is 0 Å². The number of amides is 1. The summed E-state index contributed by atoms with van der Waals surface area (Å²) in [5.74, 6) is 0.144. The molecule has 2 aromatic rings. The monoisotopic (exact) mass is 276 g/mol. The average Bonchev–Trinajstić information content (AvgIpc) is 2.79. The van der Waals surface area contributed by atoms with Gasteiger partial charge in [0.2, 0.25) is 0 Å². The molecule has 3 nitrogen and oxygen atoms in total. The Kier molecular flexibility index (Phi) is 3.03. The zero-order valence-corrected chi connectivity index (χ0v) is 12.1. The van der Waals surface area contributed by atoms with Crippen molar-refractivity contribution in [3.8, 4) is 6.07 Å². The van der Waals surface area contributed by atoms with E-state index in [4.69, 9.17) is 0 Å². The SMILES string of the molecule is CC(C)c1ccc([C@]2(C#N)C(=O)Nc3ccccc32)cc1. The van der Waals surface area contributed by atoms with Gasteiger partial charge in [-0.2, -0.15) is 5.26 Å². The van der Waals surface area contributed by atoms with Gasteiger partial charge in [0.15, 0.2) is 5.41 Å². The molecule has 0 aliphatic carbocycles. The second-order valence-corrected chi connectivity index (χ2v) is 5.64. The number of nitrogens with zero attached hydrogens (tertiary/aromatic N) is 1. The summed E-state index contributed by atoms with van der Waals surface area (Å²) in [5, 5.41) is 12.6. The summed E-state index contributed by atoms with van der Waals surface area (Å²) in [7, 11) is 0. The van der Waals surface area contributed by atoms with Crippen molar-refractivity contribution < 1.29 is 4.79 Å². The third-order valence-electron chi connectivity index (χ3n) is 4.10. The Morgan fingerprint density at radius 1 is 1.10 bits per heavy atom. The molecule has 0 fully saturated rings. The molecule has 1 atom stereocenters. The molecule has 0 aromatic heterocycles. The Bertz CT molecular complexity index is 741. The fraction of sp³-hybridized carbons (Fsp3) is 0.222. The maximum absolute atomic E-state index is 12.5. The minimum Gasteiger partial charge on any atom is -0.324 e. The zero-order chi connectivity index (χ0) is 15.0. The van der Waals surface area contributed by atoms with Crippen LogP contribution in [0, 0.1) is 11.3 Å². The molecule has 1 heterocycles. The Morgan fingerprint density at radius 3 is 2.38 bits per heavy atom. The van der Waals surface area contributed by atoms with Crippen LogP contribution < -0.4 is 5.32 Å². The van der Waals surface area contributed by atoms with Crippen LogP contribution in [-0.2, 0) is 10.2 Å². The number of carbonyl (C=O) groups is 1. The van der Waals surface area contributed by atoms with Crippen LogP contribution in [0.4, 0.5) is 5.69 Å². The number of hydrogen-bond acceptors (Lipinski definition) is 2. The van der Waals surface area contributed by atoms with Crippen molar-refractivity contribution in [2.45, 2.75) is 25.2 Å². The largest absolute Gasteiger partial charge is 0.324 e. The van der Waals surface area contributed by atoms with Crippen molar-refractivity contribution in [2.24, 2.45) is 0 Å². The lowest BCUT2D eigenvalue weighted by molar-refractivity contribution is -0.118. The van der Waals surface area contributed by atoms with E-state index in [9.17, 15) is 10.1 Å². The smallest absolute Gasteiger partial charge is 0.254 e. The number of para-hydroxylation sites is 1. The van der Waals surface area contributed by atoms with Crippen molar-refractivity contribution in [3.05, 3.63) is 65.2 Å². The predicted molar refractivity (Wildman–Crippen MR) is 82.0 cm³/mol. The van der Waals surface area contributed by atoms with Gasteiger partial charge in [-0.05, 0) is 23.1 Å². The van der Waals surface area contributed by atoms with Crippen LogP contribution in [-0.4, -0.2) is 5.91 Å². The molecule has 104 valence electrons. The van der Waals surface area contributed by atoms with Gasteiger partial charge < -0.3 is 5.32 Å². The van der Waals surface area contributed by atoms with Gasteiger partial charge in [0, 0.05) is 11.3 Å². The number of anilines is 1. The highest BCUT2D eigenvalue weighted by atomic mass is 16.2. The number of nitriles is 1. The highest BCUT2D eigenvalue weighted by Crippen LogP contribution is 2.42. The first kappa shape index (κ1) is 13.4. The predicted octanol–water partition coefficient (Wildman–Crippen LogP) is 3.57. The molecular formula is C18H16N2O. The lowest BCUT2D eigenvalue weighted by Gasteiger charge is -2.20. The summed E-state index contributed by atoms with van der Waals surface area (Å²) in [6, 6.07) is 17.4. The highest BCUT2D eigenvalue weighted by Gasteiger charge is 2.48. The van der Waals surface area contributed by atoms with Gasteiger partial charge in [-0.1, -0.05) is 56.3 Å². The minimum atomic E-state index is -1.24. The third-order valence-corrected chi connectivity index (χ3v) is 4.10. The number of nitrogens with one attached hydrogen (secondary N) is 1. The number of fused-ring (bicyclic) bond motifs is 1. The molecule has 21 heavy (non-hydrogen) atoms. The Morgan fingerprint density at radius 2 is 1.76 bits per heavy atom. The molecule has 1 aliphatic rings. The van der Waals surface area contributed by atoms with E-state index in [2.05, 4.69) is 25.2 Å². The molecule has 3 heteroatoms. The summed E-state index contributed by atoms with van der Waals surface area (Å²) in [5.41, 5.74) is 2.12. The molecule has 1 amide bonds. The van der Waals surface area contributed by atoms with Gasteiger partial charge in [0.25, 0.3) is 5.91 Å². The van der Waals surface area contributed by atoms with E-state index in [0.29, 0.717) is 5.92 Å². The van der Waals surface area contributed by atoms with Gasteiger partial charge in [-0.15, -0.1) is 0 Å². The lowest BCUT2D eigenvalue weighted by Crippen LogP contribution is -2.34. The van der Waals surface area contributed by atoms with Gasteiger partial charge in [0.1, 0.15) is 0 Å². The zero-order valence-electron chi connectivity index (χ0n) is 12.1. The van der Waals surface area contributed by atoms with E-state index in [1.165, 1.54) is 5.56 Å². The molecule has 3 rings (SSSR count). The van der Waals surface area contributed by atoms with Gasteiger partial charge >= 0.3 is 0 Å². The van der Waals surface area contributed by atoms with Gasteiger partial charge in [-0.25, -0.2) is 0 Å². The first-order valence-electron chi connectivity index (χ1n) is 7.02. The second-order valence-electron chi connectivity index (χ2n) is 5.64. The quantitative estimate of drug-likeness (QED) is 0.911. The maximum atomic E-state index is 12.5. The van der Waals surface area contributed by atoms with E-state index >= 15 is 0 Å². The van der Waals surface area contributed by atoms with Crippen molar-refractivity contribution in [2.75, 3.05) is 5.32 Å². The fourth-order valence-corrected chi connectivity index (χ4v) is 2.84. The standard InChI is InChI=1S/C18H16N2O/c1-12(2)13-7-9-14(10-8-13)18(11-19)15-5-3-4-6-16(15)20-17(18)21/h3-10,12H,1-2H3,(H,20,21)/t18-/m0/s1. The number of rotatable bonds is 2. The molecule has 1 aliphatic heterocycles. The van der Waals surface area contributed by atoms with Crippen LogP contribution in [0.1, 0.15) is 36.5 Å². The van der Waals surface area contributed by atoms with E-state index in [1.54, 1.807) is 0 Å². The molecule has 1 N–H and O–H groups in total. The number of benzene rings is 2. The summed E-state index contributed by atoms with van der Waals surface area (Å²) >= 11 is 0. The van der Waals surface area contributed by atoms with Crippen molar-refractivity contribution in [1.82, 2.24) is 0 Å². The van der Waals surface area contributed by atoms with E-state index < -0.39 is 5.41 Å². The first-order valence-corrected chi connectivity index (χ1v) is 7.02. The van der Waals surface area contributed by atoms with Crippen molar-refractivity contribution >= 4 is 11.6 Å². The van der Waals surface area contributed by atoms with Crippen LogP contribution in [0.3, 0.4) is 0 Å². The lowest BCUT2D eigenvalue weighted by atomic mass is 9.76. The van der Waals surface area contributed by atoms with Crippen LogP contribution in [0.5, 0.6) is 0 Å². The highest BCUT2D eigenvalue weighted by molar-refractivity contribution is 6.10. The Hall–Kier alpha value is -2.60. The minimum absolute atomic E-state index is 0.275. The van der Waals surface area contributed by atoms with Gasteiger partial charge in [0.05, 0.1) is 6.07 Å². The number of carbonyl (C=O) groups excluding carboxylic acids is 1. The van der Waals surface area contributed by atoms with Crippen molar-refractivity contribution in [1.29, 1.82) is 5.26 Å². The van der Waals surface area contributed by atoms with E-state index in [0.717, 1.165) is 16.8 Å². The molecule has 0 unspecified atom stereocenters. The van der Waals surface area contributed by atoms with Crippen molar-refractivity contribution in [3.63, 3.8) is 0 Å². The molecule has 2 aromatic carbocycles. The molecule has 0 bridgehead atoms. The molecule has 0 radical (unpaired) electrons. The summed E-state index contributed by atoms with van der Waals surface area (Å²) < 4.78 is 0. The summed E-state index contributed by atoms with van der Waals surface area (Å²) in [6.07, 6.45) is 0. The maximum Gasteiger partial charge on any atom is 0.254 e. The first-order chi connectivity index (χ1) is 10.1. The topological polar surface area (TPSA) is 52.9 Å². The Labute approximate surface area is 124 Å². The summed E-state index contributed by atoms with van der Waals surface area (Å²) in [4.78, 5) is 12.5. The molecule has 0 saturated carbocycles. The van der Waals surface area contributed by atoms with Crippen LogP contribution in [0.25, 0.3) is 0 Å². The number of hydrogen-bond donors (Lipinski definition) is 1. The third kappa shape index (κ3) is 1.84. The van der Waals surface area contributed by atoms with E-state index in [1.807, 2.05) is 48.5 Å². The van der Waals surface area contributed by atoms with E-state index in [-0.39, 0.29) is 5.91 Å².